The smallest absolute Gasteiger partial charge is 0.249 e. The number of hydrogen-bond donors (Lipinski definition) is 3. The summed E-state index contributed by atoms with van der Waals surface area (Å²) >= 11 is 0. The van der Waals surface area contributed by atoms with Crippen molar-refractivity contribution in [1.82, 2.24) is 0 Å². The van der Waals surface area contributed by atoms with Crippen LogP contribution in [0.15, 0.2) is 42.7 Å². The van der Waals surface area contributed by atoms with Crippen LogP contribution in [0.4, 0.5) is 0 Å². The molecule has 0 radical (unpaired) electrons. The van der Waals surface area contributed by atoms with Crippen LogP contribution in [-0.2, 0) is 5.79 Å². The van der Waals surface area contributed by atoms with Crippen LogP contribution in [0.1, 0.15) is 5.56 Å². The summed E-state index contributed by atoms with van der Waals surface area (Å²) in [5.74, 6) is -3.03. The second kappa shape index (κ2) is 2.97. The summed E-state index contributed by atoms with van der Waals surface area (Å²) in [4.78, 5) is 0. The van der Waals surface area contributed by atoms with Gasteiger partial charge in [0.05, 0.1) is 0 Å². The second-order valence-corrected chi connectivity index (χ2v) is 2.48. The predicted octanol–water partition coefficient (Wildman–Crippen LogP) is 0.896. The fourth-order valence-electron chi connectivity index (χ4n) is 0.837. The molecule has 1 aromatic rings. The Balaban J connectivity index is 3.06. The van der Waals surface area contributed by atoms with Crippen molar-refractivity contribution in [1.29, 1.82) is 0 Å². The molecular weight excluding hydrogens is 156 g/mol. The fraction of sp³-hybridized carbons (Fsp3) is 0.111. The minimum atomic E-state index is -2.35. The van der Waals surface area contributed by atoms with Crippen molar-refractivity contribution in [3.8, 4) is 0 Å². The highest BCUT2D eigenvalue weighted by Crippen LogP contribution is 2.22. The lowest BCUT2D eigenvalue weighted by Crippen LogP contribution is -2.26. The van der Waals surface area contributed by atoms with E-state index in [4.69, 9.17) is 5.11 Å². The number of hydrogen-bond acceptors (Lipinski definition) is 3. The first-order valence-electron chi connectivity index (χ1n) is 3.44. The van der Waals surface area contributed by atoms with Gasteiger partial charge >= 0.3 is 0 Å². The molecule has 0 aliphatic heterocycles. The minimum Gasteiger partial charge on any atom is -0.507 e. The van der Waals surface area contributed by atoms with Crippen LogP contribution >= 0.6 is 0 Å². The van der Waals surface area contributed by atoms with Gasteiger partial charge in [-0.2, -0.15) is 0 Å². The van der Waals surface area contributed by atoms with Crippen molar-refractivity contribution in [2.24, 2.45) is 0 Å². The fourth-order valence-corrected chi connectivity index (χ4v) is 0.837. The van der Waals surface area contributed by atoms with Gasteiger partial charge in [0.1, 0.15) is 5.76 Å². The van der Waals surface area contributed by atoms with Crippen molar-refractivity contribution >= 4 is 0 Å². The maximum Gasteiger partial charge on any atom is 0.249 e. The van der Waals surface area contributed by atoms with Gasteiger partial charge in [0.2, 0.25) is 5.79 Å². The van der Waals surface area contributed by atoms with Gasteiger partial charge in [-0.05, 0) is 0 Å². The number of aliphatic hydroxyl groups excluding tert-OH is 1. The molecular formula is C9H10O3. The monoisotopic (exact) mass is 166 g/mol. The van der Waals surface area contributed by atoms with E-state index in [2.05, 4.69) is 6.58 Å². The molecule has 0 bridgehead atoms. The molecule has 0 aliphatic carbocycles. The van der Waals surface area contributed by atoms with Gasteiger partial charge in [-0.25, -0.2) is 0 Å². The van der Waals surface area contributed by atoms with Gasteiger partial charge < -0.3 is 15.3 Å². The third-order valence-corrected chi connectivity index (χ3v) is 1.58. The summed E-state index contributed by atoms with van der Waals surface area (Å²) in [7, 11) is 0. The second-order valence-electron chi connectivity index (χ2n) is 2.48. The van der Waals surface area contributed by atoms with Crippen LogP contribution in [-0.4, -0.2) is 15.3 Å². The van der Waals surface area contributed by atoms with E-state index in [1.165, 1.54) is 12.1 Å². The summed E-state index contributed by atoms with van der Waals surface area (Å²) in [6.45, 7) is 3.06. The molecule has 12 heavy (non-hydrogen) atoms. The average Bonchev–Trinajstić information content (AvgIpc) is 2.06. The number of benzene rings is 1. The maximum atomic E-state index is 9.27. The zero-order valence-corrected chi connectivity index (χ0v) is 6.44. The van der Waals surface area contributed by atoms with Crippen molar-refractivity contribution in [2.75, 3.05) is 0 Å². The summed E-state index contributed by atoms with van der Waals surface area (Å²) in [6, 6.07) is 7.99. The summed E-state index contributed by atoms with van der Waals surface area (Å²) in [5, 5.41) is 27.4. The topological polar surface area (TPSA) is 60.7 Å². The third kappa shape index (κ3) is 1.47. The lowest BCUT2D eigenvalue weighted by Gasteiger charge is -2.19. The molecule has 0 aromatic heterocycles. The molecule has 3 N–H and O–H groups in total. The van der Waals surface area contributed by atoms with E-state index >= 15 is 0 Å². The largest absolute Gasteiger partial charge is 0.507 e. The van der Waals surface area contributed by atoms with E-state index < -0.39 is 11.5 Å². The molecule has 0 unspecified atom stereocenters. The Kier molecular flexibility index (Phi) is 2.17. The van der Waals surface area contributed by atoms with Crippen LogP contribution < -0.4 is 0 Å². The first-order chi connectivity index (χ1) is 5.55. The minimum absolute atomic E-state index is 0.192. The number of rotatable bonds is 2. The van der Waals surface area contributed by atoms with Gasteiger partial charge in [0.25, 0.3) is 0 Å². The van der Waals surface area contributed by atoms with Crippen molar-refractivity contribution in [3.05, 3.63) is 48.2 Å². The Labute approximate surface area is 70.2 Å². The van der Waals surface area contributed by atoms with E-state index in [-0.39, 0.29) is 5.56 Å². The first kappa shape index (κ1) is 8.77. The van der Waals surface area contributed by atoms with E-state index in [0.29, 0.717) is 0 Å². The Morgan fingerprint density at radius 3 is 2.08 bits per heavy atom. The van der Waals surface area contributed by atoms with Crippen LogP contribution in [0, 0.1) is 0 Å². The van der Waals surface area contributed by atoms with Gasteiger partial charge in [0.15, 0.2) is 0 Å². The van der Waals surface area contributed by atoms with Gasteiger partial charge in [-0.1, -0.05) is 36.9 Å². The van der Waals surface area contributed by atoms with Gasteiger partial charge in [0, 0.05) is 5.56 Å². The van der Waals surface area contributed by atoms with E-state index in [1.807, 2.05) is 0 Å². The van der Waals surface area contributed by atoms with Crippen LogP contribution in [0.3, 0.4) is 0 Å². The highest BCUT2D eigenvalue weighted by atomic mass is 16.5. The lowest BCUT2D eigenvalue weighted by atomic mass is 10.1. The molecule has 0 aliphatic rings. The molecule has 0 atom stereocenters. The van der Waals surface area contributed by atoms with E-state index in [9.17, 15) is 10.2 Å². The Morgan fingerprint density at radius 2 is 1.67 bits per heavy atom. The molecule has 0 heterocycles. The van der Waals surface area contributed by atoms with Gasteiger partial charge in [-0.15, -0.1) is 0 Å². The predicted molar refractivity (Wildman–Crippen MR) is 44.3 cm³/mol. The van der Waals surface area contributed by atoms with Crippen molar-refractivity contribution in [2.45, 2.75) is 5.79 Å². The molecule has 3 heteroatoms. The van der Waals surface area contributed by atoms with Crippen molar-refractivity contribution < 1.29 is 15.3 Å². The Bertz CT molecular complexity index is 277. The highest BCUT2D eigenvalue weighted by molar-refractivity contribution is 5.24. The molecule has 3 nitrogen and oxygen atoms in total. The quantitative estimate of drug-likeness (QED) is 0.451. The summed E-state index contributed by atoms with van der Waals surface area (Å²) in [6.07, 6.45) is 0. The molecule has 0 saturated heterocycles. The lowest BCUT2D eigenvalue weighted by molar-refractivity contribution is -0.159. The standard InChI is InChI=1S/C9H10O3/c1-7(10)9(11,12)8-5-3-2-4-6-8/h2-6,10-12H,1H2. The van der Waals surface area contributed by atoms with E-state index in [1.54, 1.807) is 18.2 Å². The zero-order chi connectivity index (χ0) is 9.19. The van der Waals surface area contributed by atoms with E-state index in [0.717, 1.165) is 0 Å². The first-order valence-corrected chi connectivity index (χ1v) is 3.44. The van der Waals surface area contributed by atoms with Gasteiger partial charge in [-0.3, -0.25) is 0 Å². The zero-order valence-electron chi connectivity index (χ0n) is 6.44. The Morgan fingerprint density at radius 1 is 1.17 bits per heavy atom. The van der Waals surface area contributed by atoms with Crippen molar-refractivity contribution in [3.63, 3.8) is 0 Å². The normalized spacial score (nSPS) is 11.2. The van der Waals surface area contributed by atoms with Crippen LogP contribution in [0.2, 0.25) is 0 Å². The number of aliphatic hydroxyl groups is 3. The average molecular weight is 166 g/mol. The highest BCUT2D eigenvalue weighted by Gasteiger charge is 2.29. The third-order valence-electron chi connectivity index (χ3n) is 1.58. The SMILES string of the molecule is C=C(O)C(O)(O)c1ccccc1. The Hall–Kier alpha value is -1.32. The molecule has 0 saturated carbocycles. The molecule has 1 rings (SSSR count). The maximum absolute atomic E-state index is 9.27. The van der Waals surface area contributed by atoms with Crippen LogP contribution in [0.5, 0.6) is 0 Å². The molecule has 0 fully saturated rings. The molecule has 0 spiro atoms. The summed E-state index contributed by atoms with van der Waals surface area (Å²) < 4.78 is 0. The molecule has 64 valence electrons. The molecule has 0 amide bonds. The molecule has 1 aromatic carbocycles. The van der Waals surface area contributed by atoms with Crippen LogP contribution in [0.25, 0.3) is 0 Å². The summed E-state index contributed by atoms with van der Waals surface area (Å²) in [5.41, 5.74) is 0.192.